The Balaban J connectivity index is 2.00. The summed E-state index contributed by atoms with van der Waals surface area (Å²) in [5.41, 5.74) is 0.845. The minimum Gasteiger partial charge on any atom is -0.384 e. The number of nitrogens with zero attached hydrogens (tertiary/aromatic N) is 2. The lowest BCUT2D eigenvalue weighted by molar-refractivity contribution is 0.415. The highest BCUT2D eigenvalue weighted by molar-refractivity contribution is 5.38. The van der Waals surface area contributed by atoms with E-state index in [9.17, 15) is 4.79 Å². The molecular weight excluding hydrogens is 214 g/mol. The SMILES string of the molecule is CCCNc1cnn(CC2CCCC2)c(=O)c1. The van der Waals surface area contributed by atoms with E-state index in [0.29, 0.717) is 5.92 Å². The Bertz CT molecular complexity index is 407. The van der Waals surface area contributed by atoms with Crippen LogP contribution in [0.15, 0.2) is 17.1 Å². The summed E-state index contributed by atoms with van der Waals surface area (Å²) >= 11 is 0. The van der Waals surface area contributed by atoms with Crippen molar-refractivity contribution in [2.24, 2.45) is 5.92 Å². The highest BCUT2D eigenvalue weighted by Gasteiger charge is 2.16. The lowest BCUT2D eigenvalue weighted by Gasteiger charge is -2.11. The van der Waals surface area contributed by atoms with Gasteiger partial charge in [0.1, 0.15) is 0 Å². The summed E-state index contributed by atoms with van der Waals surface area (Å²) in [5.74, 6) is 0.648. The van der Waals surface area contributed by atoms with Crippen LogP contribution in [0, 0.1) is 5.92 Å². The molecule has 1 aliphatic rings. The molecule has 0 aromatic carbocycles. The molecule has 4 heteroatoms. The van der Waals surface area contributed by atoms with Gasteiger partial charge >= 0.3 is 0 Å². The first-order valence-electron chi connectivity index (χ1n) is 6.60. The number of hydrogen-bond acceptors (Lipinski definition) is 3. The normalized spacial score (nSPS) is 16.3. The molecule has 1 fully saturated rings. The average Bonchev–Trinajstić information content (AvgIpc) is 2.82. The average molecular weight is 235 g/mol. The van der Waals surface area contributed by atoms with Crippen LogP contribution >= 0.6 is 0 Å². The molecule has 1 heterocycles. The molecule has 0 atom stereocenters. The van der Waals surface area contributed by atoms with E-state index in [1.54, 1.807) is 16.9 Å². The zero-order valence-corrected chi connectivity index (χ0v) is 10.5. The summed E-state index contributed by atoms with van der Waals surface area (Å²) in [5, 5.41) is 7.42. The van der Waals surface area contributed by atoms with E-state index >= 15 is 0 Å². The van der Waals surface area contributed by atoms with Gasteiger partial charge in [-0.2, -0.15) is 5.10 Å². The summed E-state index contributed by atoms with van der Waals surface area (Å²) in [4.78, 5) is 11.9. The molecule has 0 radical (unpaired) electrons. The van der Waals surface area contributed by atoms with Crippen molar-refractivity contribution in [3.63, 3.8) is 0 Å². The Morgan fingerprint density at radius 3 is 2.88 bits per heavy atom. The fraction of sp³-hybridized carbons (Fsp3) is 0.692. The van der Waals surface area contributed by atoms with Crippen LogP contribution in [0.4, 0.5) is 5.69 Å². The van der Waals surface area contributed by atoms with Crippen LogP contribution in [-0.2, 0) is 6.54 Å². The van der Waals surface area contributed by atoms with Crippen LogP contribution in [-0.4, -0.2) is 16.3 Å². The van der Waals surface area contributed by atoms with Crippen molar-refractivity contribution < 1.29 is 0 Å². The van der Waals surface area contributed by atoms with Crippen molar-refractivity contribution in [1.82, 2.24) is 9.78 Å². The summed E-state index contributed by atoms with van der Waals surface area (Å²) < 4.78 is 1.60. The molecule has 1 aromatic rings. The fourth-order valence-corrected chi connectivity index (χ4v) is 2.37. The fourth-order valence-electron chi connectivity index (χ4n) is 2.37. The van der Waals surface area contributed by atoms with Gasteiger partial charge in [-0.3, -0.25) is 4.79 Å². The van der Waals surface area contributed by atoms with Crippen LogP contribution in [0.5, 0.6) is 0 Å². The topological polar surface area (TPSA) is 46.9 Å². The van der Waals surface area contributed by atoms with E-state index in [0.717, 1.165) is 25.2 Å². The third kappa shape index (κ3) is 3.32. The van der Waals surface area contributed by atoms with Crippen LogP contribution in [0.3, 0.4) is 0 Å². The zero-order valence-electron chi connectivity index (χ0n) is 10.5. The van der Waals surface area contributed by atoms with Gasteiger partial charge in [0.25, 0.3) is 5.56 Å². The Labute approximate surface area is 102 Å². The maximum Gasteiger partial charge on any atom is 0.268 e. The van der Waals surface area contributed by atoms with Crippen LogP contribution < -0.4 is 10.9 Å². The first-order chi connectivity index (χ1) is 8.29. The summed E-state index contributed by atoms with van der Waals surface area (Å²) in [6.45, 7) is 3.77. The van der Waals surface area contributed by atoms with Gasteiger partial charge in [-0.25, -0.2) is 4.68 Å². The van der Waals surface area contributed by atoms with E-state index < -0.39 is 0 Å². The number of nitrogens with one attached hydrogen (secondary N) is 1. The second-order valence-corrected chi connectivity index (χ2v) is 4.84. The highest BCUT2D eigenvalue weighted by Crippen LogP contribution is 2.25. The van der Waals surface area contributed by atoms with E-state index in [-0.39, 0.29) is 5.56 Å². The number of rotatable bonds is 5. The Morgan fingerprint density at radius 1 is 1.47 bits per heavy atom. The maximum absolute atomic E-state index is 11.9. The molecule has 4 nitrogen and oxygen atoms in total. The lowest BCUT2D eigenvalue weighted by Crippen LogP contribution is -2.25. The maximum atomic E-state index is 11.9. The molecule has 0 saturated heterocycles. The predicted molar refractivity (Wildman–Crippen MR) is 69.2 cm³/mol. The first kappa shape index (κ1) is 12.1. The second-order valence-electron chi connectivity index (χ2n) is 4.84. The number of hydrogen-bond donors (Lipinski definition) is 1. The van der Waals surface area contributed by atoms with Crippen LogP contribution in [0.25, 0.3) is 0 Å². The van der Waals surface area contributed by atoms with Crippen molar-refractivity contribution in [3.8, 4) is 0 Å². The van der Waals surface area contributed by atoms with Gasteiger partial charge in [0, 0.05) is 19.2 Å². The molecular formula is C13H21N3O. The third-order valence-corrected chi connectivity index (χ3v) is 3.35. The Hall–Kier alpha value is -1.32. The predicted octanol–water partition coefficient (Wildman–Crippen LogP) is 2.26. The van der Waals surface area contributed by atoms with E-state index in [2.05, 4.69) is 17.3 Å². The minimum absolute atomic E-state index is 0.0120. The molecule has 0 aliphatic heterocycles. The number of aromatic nitrogens is 2. The second kappa shape index (κ2) is 5.84. The van der Waals surface area contributed by atoms with Crippen molar-refractivity contribution in [2.45, 2.75) is 45.6 Å². The van der Waals surface area contributed by atoms with Crippen molar-refractivity contribution >= 4 is 5.69 Å². The van der Waals surface area contributed by atoms with Crippen LogP contribution in [0.2, 0.25) is 0 Å². The van der Waals surface area contributed by atoms with Crippen LogP contribution in [0.1, 0.15) is 39.0 Å². The first-order valence-corrected chi connectivity index (χ1v) is 6.60. The highest BCUT2D eigenvalue weighted by atomic mass is 16.1. The summed E-state index contributed by atoms with van der Waals surface area (Å²) in [7, 11) is 0. The molecule has 17 heavy (non-hydrogen) atoms. The molecule has 1 aliphatic carbocycles. The van der Waals surface area contributed by atoms with Gasteiger partial charge < -0.3 is 5.32 Å². The van der Waals surface area contributed by atoms with Crippen molar-refractivity contribution in [3.05, 3.63) is 22.6 Å². The lowest BCUT2D eigenvalue weighted by atomic mass is 10.1. The van der Waals surface area contributed by atoms with Gasteiger partial charge in [0.2, 0.25) is 0 Å². The zero-order chi connectivity index (χ0) is 12.1. The molecule has 2 rings (SSSR count). The molecule has 0 amide bonds. The van der Waals surface area contributed by atoms with Crippen molar-refractivity contribution in [1.29, 1.82) is 0 Å². The van der Waals surface area contributed by atoms with Gasteiger partial charge in [0.05, 0.1) is 11.9 Å². The Morgan fingerprint density at radius 2 is 2.24 bits per heavy atom. The smallest absolute Gasteiger partial charge is 0.268 e. The molecule has 94 valence electrons. The van der Waals surface area contributed by atoms with E-state index in [1.165, 1.54) is 25.7 Å². The molecule has 0 bridgehead atoms. The molecule has 1 N–H and O–H groups in total. The van der Waals surface area contributed by atoms with E-state index in [4.69, 9.17) is 0 Å². The molecule has 0 unspecified atom stereocenters. The largest absolute Gasteiger partial charge is 0.384 e. The van der Waals surface area contributed by atoms with Crippen molar-refractivity contribution in [2.75, 3.05) is 11.9 Å². The van der Waals surface area contributed by atoms with E-state index in [1.807, 2.05) is 0 Å². The summed E-state index contributed by atoms with van der Waals surface area (Å²) in [6, 6.07) is 1.65. The quantitative estimate of drug-likeness (QED) is 0.851. The Kier molecular flexibility index (Phi) is 4.18. The molecule has 1 saturated carbocycles. The standard InChI is InChI=1S/C13H21N3O/c1-2-7-14-12-8-13(17)16(15-9-12)10-11-5-3-4-6-11/h8-9,11,14H,2-7,10H2,1H3. The third-order valence-electron chi connectivity index (χ3n) is 3.35. The van der Waals surface area contributed by atoms with Gasteiger partial charge in [-0.15, -0.1) is 0 Å². The summed E-state index contributed by atoms with van der Waals surface area (Å²) in [6.07, 6.45) is 7.89. The van der Waals surface area contributed by atoms with Gasteiger partial charge in [-0.1, -0.05) is 19.8 Å². The monoisotopic (exact) mass is 235 g/mol. The molecule has 1 aromatic heterocycles. The van der Waals surface area contributed by atoms with Gasteiger partial charge in [0.15, 0.2) is 0 Å². The molecule has 0 spiro atoms. The minimum atomic E-state index is 0.0120. The van der Waals surface area contributed by atoms with Gasteiger partial charge in [-0.05, 0) is 25.2 Å². The number of anilines is 1.